The minimum Gasteiger partial charge on any atom is -0.469 e. The molecule has 0 rings (SSSR count). The molecule has 0 saturated heterocycles. The van der Waals surface area contributed by atoms with Crippen molar-refractivity contribution < 1.29 is 14.6 Å². The molecule has 0 aliphatic heterocycles. The quantitative estimate of drug-likeness (QED) is 0.211. The van der Waals surface area contributed by atoms with E-state index in [0.717, 1.165) is 44.3 Å². The number of rotatable bonds is 17. The molecule has 3 nitrogen and oxygen atoms in total. The Morgan fingerprint density at radius 1 is 1.04 bits per heavy atom. The normalized spacial score (nSPS) is 12.6. The summed E-state index contributed by atoms with van der Waals surface area (Å²) in [4.78, 5) is 10.9. The van der Waals surface area contributed by atoms with E-state index in [1.165, 1.54) is 45.0 Å². The van der Waals surface area contributed by atoms with Crippen molar-refractivity contribution in [2.24, 2.45) is 0 Å². The number of methoxy groups -OCH3 is 1. The van der Waals surface area contributed by atoms with E-state index in [0.29, 0.717) is 6.42 Å². The van der Waals surface area contributed by atoms with E-state index in [2.05, 4.69) is 17.7 Å². The number of thioether (sulfide) groups is 1. The Morgan fingerprint density at radius 2 is 1.71 bits per heavy atom. The van der Waals surface area contributed by atoms with Gasteiger partial charge in [0.05, 0.1) is 13.2 Å². The Labute approximate surface area is 153 Å². The molecule has 0 aliphatic carbocycles. The van der Waals surface area contributed by atoms with E-state index in [-0.39, 0.29) is 12.1 Å². The second kappa shape index (κ2) is 18.9. The lowest BCUT2D eigenvalue weighted by Crippen LogP contribution is -2.00. The molecular formula is C20H38O3S. The van der Waals surface area contributed by atoms with Gasteiger partial charge in [0.1, 0.15) is 0 Å². The summed E-state index contributed by atoms with van der Waals surface area (Å²) in [7, 11) is 1.45. The molecule has 0 fully saturated rings. The number of carbonyl (C=O) groups excluding carboxylic acids is 1. The van der Waals surface area contributed by atoms with Crippen LogP contribution in [0.3, 0.4) is 0 Å². The number of carbonyl (C=O) groups is 1. The van der Waals surface area contributed by atoms with Crippen molar-refractivity contribution in [1.29, 1.82) is 0 Å². The highest BCUT2D eigenvalue weighted by Crippen LogP contribution is 2.12. The zero-order chi connectivity index (χ0) is 17.9. The van der Waals surface area contributed by atoms with Crippen LogP contribution >= 0.6 is 11.8 Å². The smallest absolute Gasteiger partial charge is 0.305 e. The predicted molar refractivity (Wildman–Crippen MR) is 106 cm³/mol. The summed E-state index contributed by atoms with van der Waals surface area (Å²) in [6.07, 6.45) is 17.2. The van der Waals surface area contributed by atoms with E-state index >= 15 is 0 Å². The van der Waals surface area contributed by atoms with E-state index in [1.54, 1.807) is 0 Å². The number of hydrogen-bond acceptors (Lipinski definition) is 4. The molecule has 142 valence electrons. The Bertz CT molecular complexity index is 305. The molecule has 0 radical (unpaired) electrons. The fourth-order valence-corrected chi connectivity index (χ4v) is 3.46. The van der Waals surface area contributed by atoms with E-state index < -0.39 is 0 Å². The van der Waals surface area contributed by atoms with Gasteiger partial charge in [-0.3, -0.25) is 4.79 Å². The average Bonchev–Trinajstić information content (AvgIpc) is 2.59. The number of ether oxygens (including phenoxy) is 1. The topological polar surface area (TPSA) is 46.5 Å². The second-order valence-corrected chi connectivity index (χ2v) is 7.56. The van der Waals surface area contributed by atoms with Crippen LogP contribution < -0.4 is 0 Å². The average molecular weight is 359 g/mol. The molecule has 1 atom stereocenters. The van der Waals surface area contributed by atoms with Crippen molar-refractivity contribution in [2.45, 2.75) is 90.1 Å². The van der Waals surface area contributed by atoms with Crippen LogP contribution in [0.25, 0.3) is 0 Å². The van der Waals surface area contributed by atoms with Crippen LogP contribution in [0.15, 0.2) is 12.2 Å². The summed E-state index contributed by atoms with van der Waals surface area (Å²) >= 11 is 2.00. The van der Waals surface area contributed by atoms with Gasteiger partial charge >= 0.3 is 5.97 Å². The first-order valence-corrected chi connectivity index (χ1v) is 10.9. The standard InChI is InChI=1S/C20H38O3S/c1-3-4-14-19(21)15-10-8-6-5-7-9-12-17-24-18-13-11-16-20(22)23-2/h10,15,19,21H,3-9,11-14,16-18H2,1-2H3/t19-/m1/s1. The first kappa shape index (κ1) is 23.5. The van der Waals surface area contributed by atoms with Crippen molar-refractivity contribution in [2.75, 3.05) is 18.6 Å². The molecule has 0 amide bonds. The molecular weight excluding hydrogens is 320 g/mol. The van der Waals surface area contributed by atoms with Crippen LogP contribution in [-0.4, -0.2) is 35.8 Å². The molecule has 0 unspecified atom stereocenters. The van der Waals surface area contributed by atoms with E-state index in [9.17, 15) is 9.90 Å². The number of aliphatic hydroxyl groups is 1. The van der Waals surface area contributed by atoms with Crippen LogP contribution in [0.2, 0.25) is 0 Å². The maximum Gasteiger partial charge on any atom is 0.305 e. The highest BCUT2D eigenvalue weighted by atomic mass is 32.2. The molecule has 0 aromatic carbocycles. The molecule has 0 heterocycles. The van der Waals surface area contributed by atoms with Crippen molar-refractivity contribution in [3.05, 3.63) is 12.2 Å². The maximum atomic E-state index is 10.9. The summed E-state index contributed by atoms with van der Waals surface area (Å²) in [6.45, 7) is 2.15. The summed E-state index contributed by atoms with van der Waals surface area (Å²) < 4.78 is 4.62. The number of esters is 1. The van der Waals surface area contributed by atoms with Gasteiger partial charge in [0.25, 0.3) is 0 Å². The van der Waals surface area contributed by atoms with Gasteiger partial charge in [-0.25, -0.2) is 0 Å². The van der Waals surface area contributed by atoms with Crippen LogP contribution in [-0.2, 0) is 9.53 Å². The SMILES string of the molecule is CCCC[C@@H](O)C=CCCCCCCCSCCCCC(=O)OC. The van der Waals surface area contributed by atoms with Gasteiger partial charge in [0, 0.05) is 6.42 Å². The zero-order valence-electron chi connectivity index (χ0n) is 15.8. The van der Waals surface area contributed by atoms with Gasteiger partial charge < -0.3 is 9.84 Å². The fourth-order valence-electron chi connectivity index (χ4n) is 2.44. The number of hydrogen-bond donors (Lipinski definition) is 1. The Kier molecular flexibility index (Phi) is 18.5. The van der Waals surface area contributed by atoms with Crippen molar-refractivity contribution in [3.8, 4) is 0 Å². The summed E-state index contributed by atoms with van der Waals surface area (Å²) in [5, 5.41) is 9.69. The Balaban J connectivity index is 3.17. The Hall–Kier alpha value is -0.480. The van der Waals surface area contributed by atoms with Crippen LogP contribution in [0.4, 0.5) is 0 Å². The van der Waals surface area contributed by atoms with E-state index in [4.69, 9.17) is 0 Å². The molecule has 0 bridgehead atoms. The van der Waals surface area contributed by atoms with Crippen LogP contribution in [0, 0.1) is 0 Å². The molecule has 4 heteroatoms. The van der Waals surface area contributed by atoms with Crippen molar-refractivity contribution in [3.63, 3.8) is 0 Å². The minimum absolute atomic E-state index is 0.0923. The summed E-state index contributed by atoms with van der Waals surface area (Å²) in [6, 6.07) is 0. The number of aliphatic hydroxyl groups excluding tert-OH is 1. The molecule has 0 saturated carbocycles. The third kappa shape index (κ3) is 17.9. The number of unbranched alkanes of at least 4 members (excludes halogenated alkanes) is 7. The molecule has 1 N–H and O–H groups in total. The van der Waals surface area contributed by atoms with Gasteiger partial charge in [-0.1, -0.05) is 51.2 Å². The minimum atomic E-state index is -0.241. The highest BCUT2D eigenvalue weighted by molar-refractivity contribution is 7.99. The van der Waals surface area contributed by atoms with Gasteiger partial charge in [0.2, 0.25) is 0 Å². The zero-order valence-corrected chi connectivity index (χ0v) is 16.6. The number of allylic oxidation sites excluding steroid dienone is 1. The first-order valence-electron chi connectivity index (χ1n) is 9.70. The maximum absolute atomic E-state index is 10.9. The van der Waals surface area contributed by atoms with Crippen LogP contribution in [0.1, 0.15) is 84.0 Å². The van der Waals surface area contributed by atoms with Gasteiger partial charge in [-0.15, -0.1) is 0 Å². The Morgan fingerprint density at radius 3 is 2.42 bits per heavy atom. The second-order valence-electron chi connectivity index (χ2n) is 6.34. The van der Waals surface area contributed by atoms with Crippen molar-refractivity contribution >= 4 is 17.7 Å². The molecule has 0 aromatic rings. The summed E-state index contributed by atoms with van der Waals surface area (Å²) in [5.41, 5.74) is 0. The molecule has 0 aliphatic rings. The van der Waals surface area contributed by atoms with Crippen molar-refractivity contribution in [1.82, 2.24) is 0 Å². The monoisotopic (exact) mass is 358 g/mol. The third-order valence-electron chi connectivity index (χ3n) is 4.02. The highest BCUT2D eigenvalue weighted by Gasteiger charge is 1.99. The lowest BCUT2D eigenvalue weighted by Gasteiger charge is -2.04. The van der Waals surface area contributed by atoms with Gasteiger partial charge in [-0.05, 0) is 50.0 Å². The third-order valence-corrected chi connectivity index (χ3v) is 5.17. The molecule has 24 heavy (non-hydrogen) atoms. The lowest BCUT2D eigenvalue weighted by molar-refractivity contribution is -0.140. The van der Waals surface area contributed by atoms with Gasteiger partial charge in [0.15, 0.2) is 0 Å². The largest absolute Gasteiger partial charge is 0.469 e. The molecule has 0 spiro atoms. The van der Waals surface area contributed by atoms with Crippen LogP contribution in [0.5, 0.6) is 0 Å². The summed E-state index contributed by atoms with van der Waals surface area (Å²) in [5.74, 6) is 2.30. The lowest BCUT2D eigenvalue weighted by atomic mass is 10.1. The fraction of sp³-hybridized carbons (Fsp3) is 0.850. The predicted octanol–water partition coefficient (Wildman–Crippen LogP) is 5.51. The first-order chi connectivity index (χ1) is 11.7. The van der Waals surface area contributed by atoms with Gasteiger partial charge in [-0.2, -0.15) is 11.8 Å². The van der Waals surface area contributed by atoms with E-state index in [1.807, 2.05) is 17.8 Å². The molecule has 0 aromatic heterocycles.